The van der Waals surface area contributed by atoms with Crippen molar-refractivity contribution in [3.05, 3.63) is 35.9 Å². The zero-order valence-electron chi connectivity index (χ0n) is 12.5. The Morgan fingerprint density at radius 3 is 2.48 bits per heavy atom. The molecule has 1 aliphatic carbocycles. The molecule has 126 valence electrons. The summed E-state index contributed by atoms with van der Waals surface area (Å²) < 4.78 is 38.2. The number of carbonyl (C=O) groups excluding carboxylic acids is 2. The standard InChI is InChI=1S/C16H19F3N2O2/c17-16(18,19)12-7-4-8-13(9-12)21-14(22)10-20-15(23)11-5-2-1-3-6-11/h1-3,5-6,12-13H,4,7-10H2,(H,20,23)(H,21,22). The summed E-state index contributed by atoms with van der Waals surface area (Å²) in [6.45, 7) is -0.249. The molecule has 0 saturated heterocycles. The molecule has 1 aliphatic rings. The van der Waals surface area contributed by atoms with Crippen LogP contribution >= 0.6 is 0 Å². The molecular formula is C16H19F3N2O2. The first-order chi connectivity index (χ1) is 10.9. The number of nitrogens with one attached hydrogen (secondary N) is 2. The van der Waals surface area contributed by atoms with Gasteiger partial charge in [-0.3, -0.25) is 9.59 Å². The van der Waals surface area contributed by atoms with Gasteiger partial charge in [-0.05, 0) is 31.4 Å². The molecule has 0 bridgehead atoms. The van der Waals surface area contributed by atoms with Crippen LogP contribution in [0.1, 0.15) is 36.0 Å². The van der Waals surface area contributed by atoms with Crippen LogP contribution in [0.5, 0.6) is 0 Å². The van der Waals surface area contributed by atoms with Gasteiger partial charge >= 0.3 is 6.18 Å². The van der Waals surface area contributed by atoms with Crippen molar-refractivity contribution in [3.63, 3.8) is 0 Å². The molecule has 0 radical (unpaired) electrons. The van der Waals surface area contributed by atoms with E-state index in [1.807, 2.05) is 0 Å². The van der Waals surface area contributed by atoms with Gasteiger partial charge in [0, 0.05) is 11.6 Å². The van der Waals surface area contributed by atoms with E-state index in [1.54, 1.807) is 30.3 Å². The van der Waals surface area contributed by atoms with Crippen molar-refractivity contribution in [3.8, 4) is 0 Å². The van der Waals surface area contributed by atoms with Gasteiger partial charge in [0.2, 0.25) is 5.91 Å². The lowest BCUT2D eigenvalue weighted by atomic mass is 9.85. The maximum atomic E-state index is 12.7. The summed E-state index contributed by atoms with van der Waals surface area (Å²) in [6.07, 6.45) is -3.23. The van der Waals surface area contributed by atoms with Gasteiger partial charge in [0.1, 0.15) is 0 Å². The van der Waals surface area contributed by atoms with Crippen LogP contribution in [0.4, 0.5) is 13.2 Å². The Bertz CT molecular complexity index is 546. The number of amides is 2. The van der Waals surface area contributed by atoms with Crippen molar-refractivity contribution in [2.45, 2.75) is 37.9 Å². The molecule has 2 atom stereocenters. The Kier molecular flexibility index (Phi) is 5.63. The molecule has 1 aromatic rings. The molecule has 2 unspecified atom stereocenters. The molecule has 0 heterocycles. The first kappa shape index (κ1) is 17.3. The van der Waals surface area contributed by atoms with Crippen LogP contribution in [0, 0.1) is 5.92 Å². The van der Waals surface area contributed by atoms with Crippen molar-refractivity contribution in [2.24, 2.45) is 5.92 Å². The van der Waals surface area contributed by atoms with Crippen LogP contribution in [-0.4, -0.2) is 30.6 Å². The number of benzene rings is 1. The third kappa shape index (κ3) is 5.26. The molecule has 7 heteroatoms. The minimum absolute atomic E-state index is 0.0954. The average molecular weight is 328 g/mol. The Morgan fingerprint density at radius 1 is 1.13 bits per heavy atom. The highest BCUT2D eigenvalue weighted by atomic mass is 19.4. The van der Waals surface area contributed by atoms with E-state index in [9.17, 15) is 22.8 Å². The fourth-order valence-electron chi connectivity index (χ4n) is 2.75. The van der Waals surface area contributed by atoms with Crippen molar-refractivity contribution >= 4 is 11.8 Å². The van der Waals surface area contributed by atoms with Crippen LogP contribution in [-0.2, 0) is 4.79 Å². The number of hydrogen-bond acceptors (Lipinski definition) is 2. The molecule has 2 N–H and O–H groups in total. The van der Waals surface area contributed by atoms with Gasteiger partial charge in [-0.1, -0.05) is 24.6 Å². The van der Waals surface area contributed by atoms with E-state index >= 15 is 0 Å². The molecule has 2 rings (SSSR count). The summed E-state index contributed by atoms with van der Waals surface area (Å²) in [5.74, 6) is -2.22. The fourth-order valence-corrected chi connectivity index (χ4v) is 2.75. The van der Waals surface area contributed by atoms with E-state index in [0.717, 1.165) is 0 Å². The second-order valence-electron chi connectivity index (χ2n) is 5.72. The zero-order valence-corrected chi connectivity index (χ0v) is 12.5. The number of carbonyl (C=O) groups is 2. The molecule has 4 nitrogen and oxygen atoms in total. The Morgan fingerprint density at radius 2 is 1.83 bits per heavy atom. The molecule has 0 spiro atoms. The summed E-state index contributed by atoms with van der Waals surface area (Å²) in [5.41, 5.74) is 0.426. The quantitative estimate of drug-likeness (QED) is 0.893. The minimum atomic E-state index is -4.22. The van der Waals surface area contributed by atoms with Crippen LogP contribution in [0.2, 0.25) is 0 Å². The van der Waals surface area contributed by atoms with Gasteiger partial charge in [-0.2, -0.15) is 13.2 Å². The van der Waals surface area contributed by atoms with Crippen LogP contribution in [0.25, 0.3) is 0 Å². The molecule has 2 amide bonds. The van der Waals surface area contributed by atoms with Gasteiger partial charge < -0.3 is 10.6 Å². The number of halogens is 3. The van der Waals surface area contributed by atoms with E-state index in [0.29, 0.717) is 18.4 Å². The fraction of sp³-hybridized carbons (Fsp3) is 0.500. The lowest BCUT2D eigenvalue weighted by Gasteiger charge is -2.31. The smallest absolute Gasteiger partial charge is 0.352 e. The van der Waals surface area contributed by atoms with Crippen molar-refractivity contribution in [1.29, 1.82) is 0 Å². The predicted molar refractivity (Wildman–Crippen MR) is 78.7 cm³/mol. The monoisotopic (exact) mass is 328 g/mol. The molecule has 0 aromatic heterocycles. The molecule has 1 aromatic carbocycles. The van der Waals surface area contributed by atoms with Gasteiger partial charge in [-0.25, -0.2) is 0 Å². The largest absolute Gasteiger partial charge is 0.391 e. The molecule has 1 fully saturated rings. The van der Waals surface area contributed by atoms with E-state index < -0.39 is 30.0 Å². The number of rotatable bonds is 4. The second-order valence-corrected chi connectivity index (χ2v) is 5.72. The van der Waals surface area contributed by atoms with Gasteiger partial charge in [0.15, 0.2) is 0 Å². The maximum Gasteiger partial charge on any atom is 0.391 e. The second kappa shape index (κ2) is 7.48. The van der Waals surface area contributed by atoms with Crippen molar-refractivity contribution in [1.82, 2.24) is 10.6 Å². The summed E-state index contributed by atoms with van der Waals surface area (Å²) in [4.78, 5) is 23.6. The van der Waals surface area contributed by atoms with Crippen LogP contribution in [0.3, 0.4) is 0 Å². The third-order valence-corrected chi connectivity index (χ3v) is 3.95. The Labute approximate surface area is 132 Å². The van der Waals surface area contributed by atoms with Gasteiger partial charge in [0.05, 0.1) is 12.5 Å². The highest BCUT2D eigenvalue weighted by molar-refractivity contribution is 5.96. The van der Waals surface area contributed by atoms with E-state index in [4.69, 9.17) is 0 Å². The SMILES string of the molecule is O=C(CNC(=O)c1ccccc1)NC1CCCC(C(F)(F)F)C1. The van der Waals surface area contributed by atoms with E-state index in [2.05, 4.69) is 10.6 Å². The van der Waals surface area contributed by atoms with E-state index in [1.165, 1.54) is 0 Å². The Balaban J connectivity index is 1.77. The third-order valence-electron chi connectivity index (χ3n) is 3.95. The molecule has 23 heavy (non-hydrogen) atoms. The highest BCUT2D eigenvalue weighted by Gasteiger charge is 2.42. The summed E-state index contributed by atoms with van der Waals surface area (Å²) in [7, 11) is 0. The summed E-state index contributed by atoms with van der Waals surface area (Å²) in [5, 5.41) is 5.03. The highest BCUT2D eigenvalue weighted by Crippen LogP contribution is 2.37. The first-order valence-electron chi connectivity index (χ1n) is 7.55. The molecule has 0 aliphatic heterocycles. The van der Waals surface area contributed by atoms with Gasteiger partial charge in [-0.15, -0.1) is 0 Å². The van der Waals surface area contributed by atoms with E-state index in [-0.39, 0.29) is 19.4 Å². The maximum absolute atomic E-state index is 12.7. The number of hydrogen-bond donors (Lipinski definition) is 2. The summed E-state index contributed by atoms with van der Waals surface area (Å²) in [6, 6.07) is 7.91. The first-order valence-corrected chi connectivity index (χ1v) is 7.55. The van der Waals surface area contributed by atoms with Crippen molar-refractivity contribution < 1.29 is 22.8 Å². The Hall–Kier alpha value is -2.05. The number of alkyl halides is 3. The lowest BCUT2D eigenvalue weighted by molar-refractivity contribution is -0.184. The van der Waals surface area contributed by atoms with Gasteiger partial charge in [0.25, 0.3) is 5.91 Å². The average Bonchev–Trinajstić information content (AvgIpc) is 2.53. The topological polar surface area (TPSA) is 58.2 Å². The zero-order chi connectivity index (χ0) is 16.9. The summed E-state index contributed by atoms with van der Waals surface area (Å²) >= 11 is 0. The molecule has 1 saturated carbocycles. The van der Waals surface area contributed by atoms with Crippen LogP contribution in [0.15, 0.2) is 30.3 Å². The predicted octanol–water partition coefficient (Wildman–Crippen LogP) is 2.65. The lowest BCUT2D eigenvalue weighted by Crippen LogP contribution is -2.45. The molecular weight excluding hydrogens is 309 g/mol. The van der Waals surface area contributed by atoms with Crippen LogP contribution < -0.4 is 10.6 Å². The minimum Gasteiger partial charge on any atom is -0.352 e. The van der Waals surface area contributed by atoms with Crippen molar-refractivity contribution in [2.75, 3.05) is 6.54 Å². The normalized spacial score (nSPS) is 21.5.